The number of nitrogen functional groups attached to an aromatic ring is 1. The van der Waals surface area contributed by atoms with Crippen molar-refractivity contribution in [3.63, 3.8) is 0 Å². The fourth-order valence-electron chi connectivity index (χ4n) is 2.83. The fourth-order valence-corrected chi connectivity index (χ4v) is 2.83. The Kier molecular flexibility index (Phi) is 2.83. The predicted octanol–water partition coefficient (Wildman–Crippen LogP) is 2.12. The van der Waals surface area contributed by atoms with Crippen LogP contribution in [0.5, 0.6) is 0 Å². The zero-order chi connectivity index (χ0) is 15.1. The highest BCUT2D eigenvalue weighted by atomic mass is 15.1. The van der Waals surface area contributed by atoms with Crippen molar-refractivity contribution in [3.8, 4) is 11.3 Å². The Labute approximate surface area is 126 Å². The zero-order valence-electron chi connectivity index (χ0n) is 12.0. The number of hydrogen-bond acceptors (Lipinski definition) is 4. The van der Waals surface area contributed by atoms with Crippen LogP contribution in [0.3, 0.4) is 0 Å². The summed E-state index contributed by atoms with van der Waals surface area (Å²) in [7, 11) is 0. The van der Waals surface area contributed by atoms with Crippen molar-refractivity contribution in [1.29, 1.82) is 0 Å². The van der Waals surface area contributed by atoms with E-state index in [0.717, 1.165) is 39.5 Å². The van der Waals surface area contributed by atoms with Gasteiger partial charge in [-0.3, -0.25) is 5.10 Å². The summed E-state index contributed by atoms with van der Waals surface area (Å²) in [4.78, 5) is 4.55. The lowest BCUT2D eigenvalue weighted by Gasteiger charge is -2.04. The molecule has 0 aliphatic rings. The number of rotatable bonds is 3. The Morgan fingerprint density at radius 2 is 1.95 bits per heavy atom. The largest absolute Gasteiger partial charge is 0.383 e. The number of anilines is 1. The van der Waals surface area contributed by atoms with Crippen molar-refractivity contribution in [2.24, 2.45) is 5.73 Å². The summed E-state index contributed by atoms with van der Waals surface area (Å²) < 4.78 is 2.06. The van der Waals surface area contributed by atoms with Crippen molar-refractivity contribution in [1.82, 2.24) is 19.7 Å². The lowest BCUT2D eigenvalue weighted by atomic mass is 10.1. The van der Waals surface area contributed by atoms with Gasteiger partial charge < -0.3 is 16.0 Å². The summed E-state index contributed by atoms with van der Waals surface area (Å²) in [6, 6.07) is 8.10. The standard InChI is InChI=1S/C16H16N6/c17-4-6-22-8-12-11-2-1-10(14-3-5-19-21-14)7-15(11)20-16(18)13(12)9-22/h1-3,5,7-9H,4,6,17H2,(H2,18,20)(H,19,21). The van der Waals surface area contributed by atoms with Gasteiger partial charge in [0.05, 0.1) is 11.2 Å². The Morgan fingerprint density at radius 3 is 2.73 bits per heavy atom. The van der Waals surface area contributed by atoms with Crippen LogP contribution in [0.15, 0.2) is 42.9 Å². The Morgan fingerprint density at radius 1 is 1.09 bits per heavy atom. The molecule has 0 aliphatic heterocycles. The van der Waals surface area contributed by atoms with Crippen LogP contribution in [0.2, 0.25) is 0 Å². The van der Waals surface area contributed by atoms with Gasteiger partial charge >= 0.3 is 0 Å². The van der Waals surface area contributed by atoms with Crippen LogP contribution in [0.1, 0.15) is 0 Å². The third kappa shape index (κ3) is 1.93. The molecule has 6 nitrogen and oxygen atoms in total. The molecule has 0 unspecified atom stereocenters. The van der Waals surface area contributed by atoms with Crippen LogP contribution < -0.4 is 11.5 Å². The van der Waals surface area contributed by atoms with Gasteiger partial charge in [0.2, 0.25) is 0 Å². The molecule has 0 radical (unpaired) electrons. The lowest BCUT2D eigenvalue weighted by Crippen LogP contribution is -2.07. The fraction of sp³-hybridized carbons (Fsp3) is 0.125. The first kappa shape index (κ1) is 12.8. The highest BCUT2D eigenvalue weighted by molar-refractivity contribution is 6.10. The minimum absolute atomic E-state index is 0.542. The van der Waals surface area contributed by atoms with Gasteiger partial charge in [-0.05, 0) is 12.1 Å². The summed E-state index contributed by atoms with van der Waals surface area (Å²) >= 11 is 0. The number of aromatic amines is 1. The second-order valence-corrected chi connectivity index (χ2v) is 5.31. The number of nitrogens with one attached hydrogen (secondary N) is 1. The van der Waals surface area contributed by atoms with Crippen molar-refractivity contribution in [3.05, 3.63) is 42.9 Å². The molecule has 0 aliphatic carbocycles. The molecule has 0 fully saturated rings. The SMILES string of the molecule is NCCn1cc2c(N)nc3cc(-c4ccn[nH]4)ccc3c2c1. The molecule has 22 heavy (non-hydrogen) atoms. The molecule has 4 aromatic rings. The smallest absolute Gasteiger partial charge is 0.133 e. The van der Waals surface area contributed by atoms with Gasteiger partial charge in [-0.25, -0.2) is 4.98 Å². The molecule has 6 heteroatoms. The molecule has 3 heterocycles. The summed E-state index contributed by atoms with van der Waals surface area (Å²) in [5, 5.41) is 10.1. The van der Waals surface area contributed by atoms with Crippen LogP contribution in [-0.2, 0) is 6.54 Å². The van der Waals surface area contributed by atoms with E-state index in [1.807, 2.05) is 18.3 Å². The van der Waals surface area contributed by atoms with E-state index in [2.05, 4.69) is 38.1 Å². The van der Waals surface area contributed by atoms with E-state index in [9.17, 15) is 0 Å². The van der Waals surface area contributed by atoms with Crippen LogP contribution in [0.4, 0.5) is 5.82 Å². The van der Waals surface area contributed by atoms with Crippen molar-refractivity contribution in [2.75, 3.05) is 12.3 Å². The highest BCUT2D eigenvalue weighted by Gasteiger charge is 2.10. The number of H-pyrrole nitrogens is 1. The minimum atomic E-state index is 0.542. The van der Waals surface area contributed by atoms with Crippen LogP contribution in [-0.4, -0.2) is 26.3 Å². The number of nitrogens with zero attached hydrogens (tertiary/aromatic N) is 3. The number of fused-ring (bicyclic) bond motifs is 3. The molecule has 0 amide bonds. The Hall–Kier alpha value is -2.86. The van der Waals surface area contributed by atoms with E-state index in [-0.39, 0.29) is 0 Å². The van der Waals surface area contributed by atoms with Crippen molar-refractivity contribution >= 4 is 27.5 Å². The molecule has 5 N–H and O–H groups in total. The average Bonchev–Trinajstić information content (AvgIpc) is 3.17. The normalized spacial score (nSPS) is 11.5. The molecule has 0 bridgehead atoms. The van der Waals surface area contributed by atoms with Gasteiger partial charge in [-0.15, -0.1) is 0 Å². The topological polar surface area (TPSA) is 98.5 Å². The molecule has 3 aromatic heterocycles. The van der Waals surface area contributed by atoms with Crippen LogP contribution in [0, 0.1) is 0 Å². The number of hydrogen-bond donors (Lipinski definition) is 3. The first-order valence-corrected chi connectivity index (χ1v) is 7.15. The predicted molar refractivity (Wildman–Crippen MR) is 88.3 cm³/mol. The number of pyridine rings is 1. The molecule has 0 saturated heterocycles. The first-order valence-electron chi connectivity index (χ1n) is 7.15. The summed E-state index contributed by atoms with van der Waals surface area (Å²) in [5.74, 6) is 0.542. The molecule has 0 spiro atoms. The highest BCUT2D eigenvalue weighted by Crippen LogP contribution is 2.31. The van der Waals surface area contributed by atoms with Crippen LogP contribution >= 0.6 is 0 Å². The van der Waals surface area contributed by atoms with Gasteiger partial charge in [0.1, 0.15) is 5.82 Å². The second-order valence-electron chi connectivity index (χ2n) is 5.31. The first-order chi connectivity index (χ1) is 10.8. The molecule has 0 atom stereocenters. The molecule has 1 aromatic carbocycles. The van der Waals surface area contributed by atoms with E-state index < -0.39 is 0 Å². The summed E-state index contributed by atoms with van der Waals surface area (Å²) in [5.41, 5.74) is 14.6. The number of aromatic nitrogens is 4. The molecule has 110 valence electrons. The molecule has 0 saturated carbocycles. The van der Waals surface area contributed by atoms with E-state index in [1.165, 1.54) is 0 Å². The maximum Gasteiger partial charge on any atom is 0.133 e. The monoisotopic (exact) mass is 292 g/mol. The van der Waals surface area contributed by atoms with Gasteiger partial charge in [0.15, 0.2) is 0 Å². The summed E-state index contributed by atoms with van der Waals surface area (Å²) in [6.07, 6.45) is 5.82. The van der Waals surface area contributed by atoms with Gasteiger partial charge in [-0.2, -0.15) is 5.10 Å². The number of benzene rings is 1. The molecule has 4 rings (SSSR count). The lowest BCUT2D eigenvalue weighted by molar-refractivity contribution is 0.716. The Balaban J connectivity index is 1.96. The minimum Gasteiger partial charge on any atom is -0.383 e. The van der Waals surface area contributed by atoms with Gasteiger partial charge in [-0.1, -0.05) is 12.1 Å². The zero-order valence-corrected chi connectivity index (χ0v) is 12.0. The van der Waals surface area contributed by atoms with Crippen molar-refractivity contribution in [2.45, 2.75) is 6.54 Å². The second kappa shape index (κ2) is 4.85. The van der Waals surface area contributed by atoms with Gasteiger partial charge in [0.25, 0.3) is 0 Å². The average molecular weight is 292 g/mol. The third-order valence-electron chi connectivity index (χ3n) is 3.88. The molecular weight excluding hydrogens is 276 g/mol. The van der Waals surface area contributed by atoms with E-state index in [0.29, 0.717) is 12.4 Å². The van der Waals surface area contributed by atoms with Gasteiger partial charge in [0, 0.05) is 53.4 Å². The van der Waals surface area contributed by atoms with E-state index >= 15 is 0 Å². The van der Waals surface area contributed by atoms with E-state index in [4.69, 9.17) is 11.5 Å². The van der Waals surface area contributed by atoms with Crippen molar-refractivity contribution < 1.29 is 0 Å². The maximum absolute atomic E-state index is 6.12. The Bertz CT molecular complexity index is 952. The molecular formula is C16H16N6. The third-order valence-corrected chi connectivity index (χ3v) is 3.88. The summed E-state index contributed by atoms with van der Waals surface area (Å²) in [6.45, 7) is 1.36. The maximum atomic E-state index is 6.12. The van der Waals surface area contributed by atoms with E-state index in [1.54, 1.807) is 6.20 Å². The quantitative estimate of drug-likeness (QED) is 0.538. The van der Waals surface area contributed by atoms with Crippen LogP contribution in [0.25, 0.3) is 32.9 Å². The number of nitrogens with two attached hydrogens (primary N) is 2.